The Balaban J connectivity index is 1.48. The van der Waals surface area contributed by atoms with Gasteiger partial charge < -0.3 is 9.64 Å². The molecule has 0 aromatic heterocycles. The molecule has 0 amide bonds. The van der Waals surface area contributed by atoms with Crippen molar-refractivity contribution in [2.45, 2.75) is 84.7 Å². The number of fused-ring (bicyclic) bond motifs is 6. The van der Waals surface area contributed by atoms with Crippen LogP contribution < -0.4 is 0 Å². The molecule has 8 atom stereocenters. The summed E-state index contributed by atoms with van der Waals surface area (Å²) < 4.78 is 6.11. The van der Waals surface area contributed by atoms with Gasteiger partial charge in [-0.3, -0.25) is 4.90 Å². The van der Waals surface area contributed by atoms with Gasteiger partial charge in [-0.25, -0.2) is 0 Å². The standard InChI is InChI=1S/C28H46N2O/c1-19(29(5)6)22-13-15-28(4)24-10-9-23-20(16-21(24)12-14-27(22,28)3)8-11-25-26(23,2)17-31-18-30(25)7/h12,16,19,22-25H,8-11,13-15,17-18H2,1-7H3. The Morgan fingerprint density at radius 3 is 2.55 bits per heavy atom. The molecule has 1 heterocycles. The average Bonchev–Trinajstić information content (AvgIpc) is 2.86. The quantitative estimate of drug-likeness (QED) is 0.561. The van der Waals surface area contributed by atoms with Crippen LogP contribution in [0.25, 0.3) is 0 Å². The second kappa shape index (κ2) is 7.43. The lowest BCUT2D eigenvalue weighted by Crippen LogP contribution is -2.58. The molecule has 8 unspecified atom stereocenters. The van der Waals surface area contributed by atoms with Crippen LogP contribution in [0.5, 0.6) is 0 Å². The minimum Gasteiger partial charge on any atom is -0.365 e. The zero-order valence-electron chi connectivity index (χ0n) is 21.2. The molecule has 1 aliphatic heterocycles. The first-order chi connectivity index (χ1) is 14.6. The summed E-state index contributed by atoms with van der Waals surface area (Å²) in [6.07, 6.45) is 14.7. The Morgan fingerprint density at radius 2 is 1.81 bits per heavy atom. The number of nitrogens with zero attached hydrogens (tertiary/aromatic N) is 2. The highest BCUT2D eigenvalue weighted by molar-refractivity contribution is 5.37. The van der Waals surface area contributed by atoms with Crippen LogP contribution >= 0.6 is 0 Å². The van der Waals surface area contributed by atoms with E-state index >= 15 is 0 Å². The van der Waals surface area contributed by atoms with E-state index in [4.69, 9.17) is 4.74 Å². The van der Waals surface area contributed by atoms with Crippen molar-refractivity contribution in [2.75, 3.05) is 34.5 Å². The van der Waals surface area contributed by atoms with E-state index in [-0.39, 0.29) is 5.41 Å². The van der Waals surface area contributed by atoms with E-state index in [1.54, 1.807) is 11.1 Å². The van der Waals surface area contributed by atoms with Gasteiger partial charge in [-0.15, -0.1) is 0 Å². The van der Waals surface area contributed by atoms with Crippen molar-refractivity contribution in [1.82, 2.24) is 9.80 Å². The summed E-state index contributed by atoms with van der Waals surface area (Å²) in [7, 11) is 6.82. The van der Waals surface area contributed by atoms with Crippen LogP contribution in [0.15, 0.2) is 23.3 Å². The second-order valence-electron chi connectivity index (χ2n) is 12.8. The molecule has 2 saturated carbocycles. The summed E-state index contributed by atoms with van der Waals surface area (Å²) in [6, 6.07) is 1.33. The Hall–Kier alpha value is -0.640. The van der Waals surface area contributed by atoms with E-state index < -0.39 is 0 Å². The number of ether oxygens (including phenoxy) is 1. The predicted molar refractivity (Wildman–Crippen MR) is 129 cm³/mol. The van der Waals surface area contributed by atoms with Gasteiger partial charge in [0.25, 0.3) is 0 Å². The van der Waals surface area contributed by atoms with Crippen molar-refractivity contribution in [1.29, 1.82) is 0 Å². The topological polar surface area (TPSA) is 15.7 Å². The number of hydrogen-bond donors (Lipinski definition) is 0. The lowest BCUT2D eigenvalue weighted by atomic mass is 9.51. The van der Waals surface area contributed by atoms with E-state index in [0.717, 1.165) is 25.2 Å². The molecule has 3 fully saturated rings. The van der Waals surface area contributed by atoms with Crippen molar-refractivity contribution < 1.29 is 4.74 Å². The summed E-state index contributed by atoms with van der Waals surface area (Å²) in [5, 5.41) is 0. The number of allylic oxidation sites excluding steroid dienone is 4. The van der Waals surface area contributed by atoms with Gasteiger partial charge in [0.15, 0.2) is 0 Å². The van der Waals surface area contributed by atoms with Crippen LogP contribution in [-0.4, -0.2) is 56.4 Å². The molecule has 0 aromatic rings. The average molecular weight is 427 g/mol. The fourth-order valence-electron chi connectivity index (χ4n) is 9.18. The Morgan fingerprint density at radius 1 is 1.06 bits per heavy atom. The summed E-state index contributed by atoms with van der Waals surface area (Å²) in [5.74, 6) is 2.21. The summed E-state index contributed by atoms with van der Waals surface area (Å²) in [5.41, 5.74) is 4.56. The molecule has 0 N–H and O–H groups in total. The fourth-order valence-corrected chi connectivity index (χ4v) is 9.18. The maximum atomic E-state index is 6.11. The van der Waals surface area contributed by atoms with Gasteiger partial charge in [-0.2, -0.15) is 0 Å². The van der Waals surface area contributed by atoms with Crippen LogP contribution in [0.1, 0.15) is 72.6 Å². The second-order valence-corrected chi connectivity index (χ2v) is 12.8. The van der Waals surface area contributed by atoms with Crippen LogP contribution in [0.2, 0.25) is 0 Å². The Labute approximate surface area is 191 Å². The first-order valence-electron chi connectivity index (χ1n) is 13.0. The molecule has 3 nitrogen and oxygen atoms in total. The third-order valence-electron chi connectivity index (χ3n) is 11.5. The first kappa shape index (κ1) is 22.2. The number of rotatable bonds is 2. The zero-order valence-corrected chi connectivity index (χ0v) is 21.2. The Kier molecular flexibility index (Phi) is 5.32. The number of hydrogen-bond acceptors (Lipinski definition) is 3. The molecule has 5 rings (SSSR count). The van der Waals surface area contributed by atoms with Gasteiger partial charge in [0.2, 0.25) is 0 Å². The lowest BCUT2D eigenvalue weighted by molar-refractivity contribution is -0.143. The molecule has 0 radical (unpaired) electrons. The van der Waals surface area contributed by atoms with Gasteiger partial charge in [-0.1, -0.05) is 38.5 Å². The molecule has 0 spiro atoms. The van der Waals surface area contributed by atoms with Gasteiger partial charge in [0.1, 0.15) is 0 Å². The van der Waals surface area contributed by atoms with Crippen molar-refractivity contribution >= 4 is 0 Å². The van der Waals surface area contributed by atoms with Crippen molar-refractivity contribution in [3.05, 3.63) is 23.3 Å². The van der Waals surface area contributed by atoms with E-state index in [1.807, 2.05) is 0 Å². The monoisotopic (exact) mass is 426 g/mol. The maximum Gasteiger partial charge on any atom is 0.0990 e. The van der Waals surface area contributed by atoms with Crippen LogP contribution in [0, 0.1) is 34.0 Å². The van der Waals surface area contributed by atoms with Crippen molar-refractivity contribution in [2.24, 2.45) is 34.0 Å². The summed E-state index contributed by atoms with van der Waals surface area (Å²) in [4.78, 5) is 4.95. The highest BCUT2D eigenvalue weighted by Gasteiger charge is 2.61. The summed E-state index contributed by atoms with van der Waals surface area (Å²) in [6.45, 7) is 12.1. The molecule has 0 bridgehead atoms. The van der Waals surface area contributed by atoms with Gasteiger partial charge in [0.05, 0.1) is 13.3 Å². The minimum absolute atomic E-state index is 0.271. The molecule has 174 valence electrons. The molecule has 1 saturated heterocycles. The summed E-state index contributed by atoms with van der Waals surface area (Å²) >= 11 is 0. The molecular weight excluding hydrogens is 380 g/mol. The third kappa shape index (κ3) is 3.02. The van der Waals surface area contributed by atoms with Gasteiger partial charge in [0, 0.05) is 17.5 Å². The largest absolute Gasteiger partial charge is 0.365 e. The van der Waals surface area contributed by atoms with Crippen molar-refractivity contribution in [3.8, 4) is 0 Å². The Bertz CT molecular complexity index is 786. The minimum atomic E-state index is 0.271. The molecule has 3 heteroatoms. The van der Waals surface area contributed by atoms with Crippen LogP contribution in [0.4, 0.5) is 0 Å². The molecular formula is C28H46N2O. The third-order valence-corrected chi connectivity index (χ3v) is 11.5. The molecule has 31 heavy (non-hydrogen) atoms. The van der Waals surface area contributed by atoms with Crippen molar-refractivity contribution in [3.63, 3.8) is 0 Å². The molecule has 0 aromatic carbocycles. The smallest absolute Gasteiger partial charge is 0.0990 e. The maximum absolute atomic E-state index is 6.11. The van der Waals surface area contributed by atoms with E-state index in [1.165, 1.54) is 44.9 Å². The van der Waals surface area contributed by atoms with Crippen LogP contribution in [-0.2, 0) is 4.74 Å². The highest BCUT2D eigenvalue weighted by Crippen LogP contribution is 2.68. The van der Waals surface area contributed by atoms with E-state index in [2.05, 4.69) is 70.8 Å². The van der Waals surface area contributed by atoms with Gasteiger partial charge in [-0.05, 0) is 107 Å². The zero-order chi connectivity index (χ0) is 22.2. The molecule has 4 aliphatic carbocycles. The van der Waals surface area contributed by atoms with Gasteiger partial charge >= 0.3 is 0 Å². The molecule has 5 aliphatic rings. The lowest BCUT2D eigenvalue weighted by Gasteiger charge is -2.55. The highest BCUT2D eigenvalue weighted by atomic mass is 16.5. The SMILES string of the molecule is CC(C1CCC2(C)C3CCC4C(=CC3=CCC12C)CCC1N(C)COCC41C)N(C)C. The first-order valence-corrected chi connectivity index (χ1v) is 13.0. The van der Waals surface area contributed by atoms with E-state index in [9.17, 15) is 0 Å². The van der Waals surface area contributed by atoms with E-state index in [0.29, 0.717) is 28.8 Å². The predicted octanol–water partition coefficient (Wildman–Crippen LogP) is 5.73. The van der Waals surface area contributed by atoms with Crippen LogP contribution in [0.3, 0.4) is 0 Å². The fraction of sp³-hybridized carbons (Fsp3) is 0.857. The normalized spacial score (nSPS) is 48.6.